The Labute approximate surface area is 161 Å². The summed E-state index contributed by atoms with van der Waals surface area (Å²) < 4.78 is 0. The lowest BCUT2D eigenvalue weighted by Crippen LogP contribution is -2.58. The molecule has 10 nitrogen and oxygen atoms in total. The molecule has 4 N–H and O–H groups in total. The van der Waals surface area contributed by atoms with Gasteiger partial charge in [0.1, 0.15) is 12.6 Å². The van der Waals surface area contributed by atoms with Crippen LogP contribution in [0.2, 0.25) is 0 Å². The average Bonchev–Trinajstić information content (AvgIpc) is 2.63. The summed E-state index contributed by atoms with van der Waals surface area (Å²) in [6, 6.07) is 3.42. The number of hydrogen-bond acceptors (Lipinski definition) is 6. The van der Waals surface area contributed by atoms with Crippen molar-refractivity contribution >= 4 is 35.2 Å². The van der Waals surface area contributed by atoms with E-state index in [0.717, 1.165) is 0 Å². The lowest BCUT2D eigenvalue weighted by atomic mass is 10.0. The van der Waals surface area contributed by atoms with Gasteiger partial charge >= 0.3 is 6.03 Å². The number of anilines is 2. The van der Waals surface area contributed by atoms with E-state index in [1.807, 2.05) is 13.8 Å². The second kappa shape index (κ2) is 9.18. The Hall–Kier alpha value is -3.14. The van der Waals surface area contributed by atoms with Crippen LogP contribution in [0.25, 0.3) is 0 Å². The number of hydrogen-bond donors (Lipinski definition) is 4. The highest BCUT2D eigenvalue weighted by atomic mass is 16.4. The van der Waals surface area contributed by atoms with E-state index in [-0.39, 0.29) is 24.8 Å². The molecule has 1 aromatic carbocycles. The molecule has 1 aliphatic heterocycles. The molecule has 10 heteroatoms. The van der Waals surface area contributed by atoms with Gasteiger partial charge < -0.3 is 31.0 Å². The molecule has 0 spiro atoms. The van der Waals surface area contributed by atoms with Crippen LogP contribution in [0.4, 0.5) is 16.2 Å². The van der Waals surface area contributed by atoms with Crippen molar-refractivity contribution < 1.29 is 29.4 Å². The minimum absolute atomic E-state index is 0.00326. The van der Waals surface area contributed by atoms with Crippen molar-refractivity contribution in [2.45, 2.75) is 32.4 Å². The molecular formula is C18H23N4O6-. The van der Waals surface area contributed by atoms with E-state index in [1.165, 1.54) is 4.90 Å². The van der Waals surface area contributed by atoms with Gasteiger partial charge in [0, 0.05) is 0 Å². The molecule has 28 heavy (non-hydrogen) atoms. The summed E-state index contributed by atoms with van der Waals surface area (Å²) in [4.78, 5) is 49.2. The highest BCUT2D eigenvalue weighted by molar-refractivity contribution is 6.10. The molecule has 0 radical (unpaired) electrons. The molecule has 1 aliphatic rings. The number of aliphatic carboxylic acids is 1. The zero-order valence-corrected chi connectivity index (χ0v) is 15.6. The predicted octanol–water partition coefficient (Wildman–Crippen LogP) is -1.20. The molecule has 0 fully saturated rings. The van der Waals surface area contributed by atoms with E-state index in [4.69, 9.17) is 5.11 Å². The van der Waals surface area contributed by atoms with Crippen molar-refractivity contribution in [3.05, 3.63) is 24.3 Å². The first-order valence-corrected chi connectivity index (χ1v) is 8.82. The Morgan fingerprint density at radius 1 is 1.21 bits per heavy atom. The molecule has 2 rings (SSSR count). The summed E-state index contributed by atoms with van der Waals surface area (Å²) in [7, 11) is 0. The van der Waals surface area contributed by atoms with E-state index in [2.05, 4.69) is 16.0 Å². The number of nitrogens with one attached hydrogen (secondary N) is 3. The molecule has 1 aromatic rings. The van der Waals surface area contributed by atoms with Gasteiger partial charge in [-0.15, -0.1) is 0 Å². The molecule has 1 heterocycles. The summed E-state index contributed by atoms with van der Waals surface area (Å²) in [6.45, 7) is 2.60. The zero-order valence-electron chi connectivity index (χ0n) is 15.6. The van der Waals surface area contributed by atoms with Crippen molar-refractivity contribution in [2.75, 3.05) is 23.4 Å². The number of carbonyl (C=O) groups excluding carboxylic acids is 4. The van der Waals surface area contributed by atoms with Crippen LogP contribution in [0.3, 0.4) is 0 Å². The molecule has 0 unspecified atom stereocenters. The summed E-state index contributed by atoms with van der Waals surface area (Å²) >= 11 is 0. The van der Waals surface area contributed by atoms with Crippen LogP contribution < -0.4 is 26.0 Å². The quantitative estimate of drug-likeness (QED) is 0.458. The minimum atomic E-state index is -1.63. The first-order chi connectivity index (χ1) is 13.2. The molecule has 152 valence electrons. The monoisotopic (exact) mass is 391 g/mol. The molecular weight excluding hydrogens is 368 g/mol. The van der Waals surface area contributed by atoms with Crippen LogP contribution >= 0.6 is 0 Å². The van der Waals surface area contributed by atoms with E-state index < -0.39 is 36.6 Å². The fraction of sp³-hybridized carbons (Fsp3) is 0.444. The van der Waals surface area contributed by atoms with Crippen LogP contribution in [0, 0.1) is 5.92 Å². The van der Waals surface area contributed by atoms with Crippen LogP contribution in [0.5, 0.6) is 0 Å². The van der Waals surface area contributed by atoms with Gasteiger partial charge in [0.2, 0.25) is 11.8 Å². The normalized spacial score (nSPS) is 15.3. The second-order valence-electron chi connectivity index (χ2n) is 6.85. The Kier molecular flexibility index (Phi) is 6.94. The first kappa shape index (κ1) is 21.2. The zero-order chi connectivity index (χ0) is 20.8. The fourth-order valence-electron chi connectivity index (χ4n) is 2.80. The number of carboxylic acid groups (broad SMARTS) is 1. The van der Waals surface area contributed by atoms with Gasteiger partial charge in [-0.2, -0.15) is 0 Å². The Morgan fingerprint density at radius 2 is 1.89 bits per heavy atom. The van der Waals surface area contributed by atoms with Gasteiger partial charge in [0.25, 0.3) is 0 Å². The number of nitrogens with zero attached hydrogens (tertiary/aromatic N) is 1. The molecule has 0 saturated heterocycles. The summed E-state index contributed by atoms with van der Waals surface area (Å²) in [5.41, 5.74) is 0.947. The smallest absolute Gasteiger partial charge is 0.323 e. The fourth-order valence-corrected chi connectivity index (χ4v) is 2.80. The molecule has 0 aromatic heterocycles. The van der Waals surface area contributed by atoms with Gasteiger partial charge in [-0.1, -0.05) is 26.0 Å². The molecule has 0 saturated carbocycles. The predicted molar refractivity (Wildman–Crippen MR) is 98.2 cm³/mol. The van der Waals surface area contributed by atoms with Crippen LogP contribution in [-0.4, -0.2) is 54.2 Å². The van der Waals surface area contributed by atoms with E-state index >= 15 is 0 Å². The van der Waals surface area contributed by atoms with Crippen LogP contribution in [0.15, 0.2) is 24.3 Å². The van der Waals surface area contributed by atoms with Crippen molar-refractivity contribution in [2.24, 2.45) is 5.92 Å². The molecule has 4 amide bonds. The Balaban J connectivity index is 2.18. The van der Waals surface area contributed by atoms with Crippen LogP contribution in [-0.2, 0) is 14.4 Å². The second-order valence-corrected chi connectivity index (χ2v) is 6.85. The number of urea groups is 1. The van der Waals surface area contributed by atoms with Gasteiger partial charge in [-0.05, 0) is 24.5 Å². The van der Waals surface area contributed by atoms with E-state index in [0.29, 0.717) is 11.4 Å². The van der Waals surface area contributed by atoms with Gasteiger partial charge in [-0.25, -0.2) is 4.79 Å². The van der Waals surface area contributed by atoms with Crippen molar-refractivity contribution in [3.63, 3.8) is 0 Å². The number of benzene rings is 1. The van der Waals surface area contributed by atoms with Gasteiger partial charge in [-0.3, -0.25) is 14.5 Å². The molecule has 0 aliphatic carbocycles. The maximum absolute atomic E-state index is 12.8. The Bertz CT molecular complexity index is 766. The van der Waals surface area contributed by atoms with Crippen molar-refractivity contribution in [1.82, 2.24) is 10.6 Å². The number of para-hydroxylation sites is 2. The minimum Gasteiger partial charge on any atom is -0.548 e. The van der Waals surface area contributed by atoms with E-state index in [1.54, 1.807) is 24.3 Å². The standard InChI is InChI=1S/C18H24N4O6/c1-10(2)7-12(16(25)20-13(9-23)17(26)27)21-18(28)22-8-15(24)19-11-5-3-4-6-14(11)22/h3-6,10,12-13,23H,7-9H2,1-2H3,(H,19,24)(H,20,25)(H,21,28)(H,26,27)/p-1/t12-,13-/m0/s1. The van der Waals surface area contributed by atoms with Gasteiger partial charge in [0.05, 0.1) is 30.0 Å². The molecule has 2 atom stereocenters. The summed E-state index contributed by atoms with van der Waals surface area (Å²) in [5, 5.41) is 27.3. The number of carbonyl (C=O) groups is 4. The first-order valence-electron chi connectivity index (χ1n) is 8.82. The third kappa shape index (κ3) is 5.19. The Morgan fingerprint density at radius 3 is 2.50 bits per heavy atom. The number of rotatable bonds is 7. The number of aliphatic hydroxyl groups excluding tert-OH is 1. The number of aliphatic hydroxyl groups is 1. The number of amides is 4. The largest absolute Gasteiger partial charge is 0.548 e. The van der Waals surface area contributed by atoms with E-state index in [9.17, 15) is 24.3 Å². The maximum atomic E-state index is 12.8. The molecule has 0 bridgehead atoms. The number of carboxylic acids is 1. The SMILES string of the molecule is CC(C)C[C@H](NC(=O)N1CC(=O)Nc2ccccc21)C(=O)N[C@@H](CO)C(=O)[O-]. The summed E-state index contributed by atoms with van der Waals surface area (Å²) in [5.74, 6) is -2.77. The van der Waals surface area contributed by atoms with Crippen molar-refractivity contribution in [1.29, 1.82) is 0 Å². The van der Waals surface area contributed by atoms with Gasteiger partial charge in [0.15, 0.2) is 0 Å². The lowest BCUT2D eigenvalue weighted by Gasteiger charge is -2.31. The third-order valence-corrected chi connectivity index (χ3v) is 4.12. The third-order valence-electron chi connectivity index (χ3n) is 4.12. The number of fused-ring (bicyclic) bond motifs is 1. The van der Waals surface area contributed by atoms with Crippen LogP contribution in [0.1, 0.15) is 20.3 Å². The maximum Gasteiger partial charge on any atom is 0.323 e. The topological polar surface area (TPSA) is 151 Å². The lowest BCUT2D eigenvalue weighted by molar-refractivity contribution is -0.309. The highest BCUT2D eigenvalue weighted by Crippen LogP contribution is 2.28. The highest BCUT2D eigenvalue weighted by Gasteiger charge is 2.30. The van der Waals surface area contributed by atoms with Crippen molar-refractivity contribution in [3.8, 4) is 0 Å². The average molecular weight is 391 g/mol. The summed E-state index contributed by atoms with van der Waals surface area (Å²) in [6.07, 6.45) is 0.227.